The Morgan fingerprint density at radius 3 is 2.57 bits per heavy atom. The largest absolute Gasteiger partial charge is 0.490 e. The number of nitrogens with one attached hydrogen (secondary N) is 1. The van der Waals surface area contributed by atoms with Crippen molar-refractivity contribution in [2.75, 3.05) is 18.9 Å². The minimum absolute atomic E-state index is 0. The molecule has 0 amide bonds. The highest BCUT2D eigenvalue weighted by Crippen LogP contribution is 2.37. The number of tetrazole rings is 1. The molecule has 0 saturated heterocycles. The Balaban J connectivity index is 0.00000380. The summed E-state index contributed by atoms with van der Waals surface area (Å²) in [6, 6.07) is 19.8. The Morgan fingerprint density at radius 1 is 1.03 bits per heavy atom. The van der Waals surface area contributed by atoms with Crippen LogP contribution in [0.25, 0.3) is 5.69 Å². The molecule has 0 bridgehead atoms. The molecule has 4 aromatic rings. The van der Waals surface area contributed by atoms with Crippen LogP contribution in [0.15, 0.2) is 71.9 Å². The topological polar surface area (TPSA) is 74.1 Å². The number of thioether (sulfide) groups is 1. The third kappa shape index (κ3) is 8.33. The average Bonchev–Trinajstić information content (AvgIpc) is 3.36. The van der Waals surface area contributed by atoms with Crippen LogP contribution in [0.3, 0.4) is 0 Å². The number of ether oxygens (including phenoxy) is 2. The van der Waals surface area contributed by atoms with E-state index in [-0.39, 0.29) is 24.8 Å². The van der Waals surface area contributed by atoms with E-state index in [1.54, 1.807) is 28.6 Å². The predicted molar refractivity (Wildman–Crippen MR) is 147 cm³/mol. The summed E-state index contributed by atoms with van der Waals surface area (Å²) >= 11 is 8.15. The van der Waals surface area contributed by atoms with Crippen molar-refractivity contribution >= 4 is 35.8 Å². The summed E-state index contributed by atoms with van der Waals surface area (Å²) in [7, 11) is 0. The smallest absolute Gasteiger partial charge is 0.214 e. The average molecular weight is 565 g/mol. The molecule has 1 heterocycles. The lowest BCUT2D eigenvalue weighted by Crippen LogP contribution is -2.15. The zero-order valence-electron chi connectivity index (χ0n) is 20.3. The Bertz CT molecular complexity index is 1250. The standard InChI is InChI=1S/C26H27ClFN5O2S.ClH/c1-2-34-24-16-20(15-23(27)25(24)35-18-19-9-11-21(28)12-10-19)17-29-13-6-14-36-26-30-31-32-33(26)22-7-4-3-5-8-22;/h3-5,7-12,15-16,29H,2,6,13-14,17-18H2,1H3;1H. The van der Waals surface area contributed by atoms with Crippen LogP contribution in [-0.4, -0.2) is 39.1 Å². The lowest BCUT2D eigenvalue weighted by atomic mass is 10.2. The van der Waals surface area contributed by atoms with Crippen molar-refractivity contribution in [3.8, 4) is 17.2 Å². The van der Waals surface area contributed by atoms with Gasteiger partial charge >= 0.3 is 0 Å². The molecule has 37 heavy (non-hydrogen) atoms. The van der Waals surface area contributed by atoms with Crippen LogP contribution in [0.2, 0.25) is 5.02 Å². The summed E-state index contributed by atoms with van der Waals surface area (Å²) in [6.07, 6.45) is 0.942. The number of benzene rings is 3. The van der Waals surface area contributed by atoms with Gasteiger partial charge in [0.25, 0.3) is 0 Å². The molecule has 0 aliphatic rings. The van der Waals surface area contributed by atoms with Gasteiger partial charge in [-0.15, -0.1) is 17.5 Å². The van der Waals surface area contributed by atoms with E-state index in [4.69, 9.17) is 21.1 Å². The van der Waals surface area contributed by atoms with E-state index in [2.05, 4.69) is 20.8 Å². The molecule has 1 aromatic heterocycles. The van der Waals surface area contributed by atoms with Gasteiger partial charge in [0.05, 0.1) is 17.3 Å². The van der Waals surface area contributed by atoms with Gasteiger partial charge in [-0.3, -0.25) is 0 Å². The first kappa shape index (κ1) is 28.7. The van der Waals surface area contributed by atoms with Crippen LogP contribution in [0.1, 0.15) is 24.5 Å². The molecule has 7 nitrogen and oxygen atoms in total. The van der Waals surface area contributed by atoms with Crippen LogP contribution in [0.5, 0.6) is 11.5 Å². The van der Waals surface area contributed by atoms with Gasteiger partial charge in [-0.2, -0.15) is 4.68 Å². The van der Waals surface area contributed by atoms with Gasteiger partial charge in [0.15, 0.2) is 11.5 Å². The van der Waals surface area contributed by atoms with E-state index < -0.39 is 0 Å². The van der Waals surface area contributed by atoms with E-state index in [1.165, 1.54) is 12.1 Å². The van der Waals surface area contributed by atoms with Gasteiger partial charge in [0, 0.05) is 12.3 Å². The van der Waals surface area contributed by atoms with Crippen LogP contribution in [-0.2, 0) is 13.2 Å². The zero-order valence-corrected chi connectivity index (χ0v) is 22.7. The van der Waals surface area contributed by atoms with Crippen LogP contribution < -0.4 is 14.8 Å². The molecule has 196 valence electrons. The van der Waals surface area contributed by atoms with Crippen LogP contribution >= 0.6 is 35.8 Å². The highest BCUT2D eigenvalue weighted by molar-refractivity contribution is 7.99. The lowest BCUT2D eigenvalue weighted by molar-refractivity contribution is 0.269. The fourth-order valence-electron chi connectivity index (χ4n) is 3.46. The van der Waals surface area contributed by atoms with E-state index in [0.29, 0.717) is 29.7 Å². The maximum absolute atomic E-state index is 13.1. The SMILES string of the molecule is CCOc1cc(CNCCCSc2nnnn2-c2ccccc2)cc(Cl)c1OCc1ccc(F)cc1.Cl. The number of rotatable bonds is 13. The fourth-order valence-corrected chi connectivity index (χ4v) is 4.57. The number of halogens is 3. The molecular weight excluding hydrogens is 536 g/mol. The Labute approximate surface area is 231 Å². The van der Waals surface area contributed by atoms with Crippen LogP contribution in [0, 0.1) is 5.82 Å². The maximum Gasteiger partial charge on any atom is 0.214 e. The first-order valence-corrected chi connectivity index (χ1v) is 13.0. The third-order valence-electron chi connectivity index (χ3n) is 5.17. The van der Waals surface area contributed by atoms with Crippen molar-refractivity contribution < 1.29 is 13.9 Å². The molecule has 1 N–H and O–H groups in total. The van der Waals surface area contributed by atoms with Crippen molar-refractivity contribution in [2.24, 2.45) is 0 Å². The predicted octanol–water partition coefficient (Wildman–Crippen LogP) is 6.13. The maximum atomic E-state index is 13.1. The van der Waals surface area contributed by atoms with Crippen molar-refractivity contribution in [1.29, 1.82) is 0 Å². The summed E-state index contributed by atoms with van der Waals surface area (Å²) in [5.41, 5.74) is 2.78. The molecule has 0 aliphatic heterocycles. The minimum atomic E-state index is -0.283. The quantitative estimate of drug-likeness (QED) is 0.155. The van der Waals surface area contributed by atoms with Crippen molar-refractivity contribution in [3.63, 3.8) is 0 Å². The van der Waals surface area contributed by atoms with Gasteiger partial charge in [0.2, 0.25) is 5.16 Å². The molecular formula is C26H28Cl2FN5O2S. The molecule has 0 atom stereocenters. The van der Waals surface area contributed by atoms with Crippen LogP contribution in [0.4, 0.5) is 4.39 Å². The second-order valence-electron chi connectivity index (χ2n) is 7.84. The number of para-hydroxylation sites is 1. The first-order chi connectivity index (χ1) is 17.6. The minimum Gasteiger partial charge on any atom is -0.490 e. The summed E-state index contributed by atoms with van der Waals surface area (Å²) < 4.78 is 26.6. The Hall–Kier alpha value is -2.85. The van der Waals surface area contributed by atoms with Crippen molar-refractivity contribution in [2.45, 2.75) is 31.7 Å². The number of hydrogen-bond acceptors (Lipinski definition) is 7. The molecule has 4 rings (SSSR count). The summed E-state index contributed by atoms with van der Waals surface area (Å²) in [5.74, 6) is 1.67. The summed E-state index contributed by atoms with van der Waals surface area (Å²) in [4.78, 5) is 0. The molecule has 0 saturated carbocycles. The normalized spacial score (nSPS) is 10.7. The van der Waals surface area contributed by atoms with Gasteiger partial charge in [-0.1, -0.05) is 53.7 Å². The monoisotopic (exact) mass is 563 g/mol. The summed E-state index contributed by atoms with van der Waals surface area (Å²) in [5, 5.41) is 16.7. The Kier molecular flexibility index (Phi) is 11.5. The van der Waals surface area contributed by atoms with Gasteiger partial charge in [-0.25, -0.2) is 4.39 Å². The van der Waals surface area contributed by atoms with Gasteiger partial charge in [0.1, 0.15) is 12.4 Å². The third-order valence-corrected chi connectivity index (χ3v) is 6.45. The van der Waals surface area contributed by atoms with Gasteiger partial charge < -0.3 is 14.8 Å². The van der Waals surface area contributed by atoms with Gasteiger partial charge in [-0.05, 0) is 77.8 Å². The van der Waals surface area contributed by atoms with E-state index in [0.717, 1.165) is 40.7 Å². The second-order valence-corrected chi connectivity index (χ2v) is 9.31. The van der Waals surface area contributed by atoms with Crippen molar-refractivity contribution in [3.05, 3.63) is 88.7 Å². The number of nitrogens with zero attached hydrogens (tertiary/aromatic N) is 4. The molecule has 0 radical (unpaired) electrons. The molecule has 3 aromatic carbocycles. The molecule has 0 aliphatic carbocycles. The molecule has 0 fully saturated rings. The first-order valence-electron chi connectivity index (χ1n) is 11.6. The Morgan fingerprint density at radius 2 is 1.81 bits per heavy atom. The molecule has 0 spiro atoms. The van der Waals surface area contributed by atoms with E-state index in [9.17, 15) is 4.39 Å². The zero-order chi connectivity index (χ0) is 25.2. The molecule has 0 unspecified atom stereocenters. The van der Waals surface area contributed by atoms with E-state index >= 15 is 0 Å². The lowest BCUT2D eigenvalue weighted by Gasteiger charge is -2.16. The highest BCUT2D eigenvalue weighted by Gasteiger charge is 2.13. The van der Waals surface area contributed by atoms with E-state index in [1.807, 2.05) is 49.4 Å². The van der Waals surface area contributed by atoms with Crippen molar-refractivity contribution in [1.82, 2.24) is 25.5 Å². The second kappa shape index (κ2) is 14.8. The fraction of sp³-hybridized carbons (Fsp3) is 0.269. The molecule has 11 heteroatoms. The number of hydrogen-bond donors (Lipinski definition) is 1. The highest BCUT2D eigenvalue weighted by atomic mass is 35.5. The summed E-state index contributed by atoms with van der Waals surface area (Å²) in [6.45, 7) is 4.13. The number of aromatic nitrogens is 4.